The monoisotopic (exact) mass is 404 g/mol. The summed E-state index contributed by atoms with van der Waals surface area (Å²) < 4.78 is 5.76. The van der Waals surface area contributed by atoms with Crippen LogP contribution < -0.4 is 0 Å². The largest absolute Gasteiger partial charge is 0.410 e. The Labute approximate surface area is 165 Å². The van der Waals surface area contributed by atoms with E-state index in [2.05, 4.69) is 23.2 Å². The predicted octanol–water partition coefficient (Wildman–Crippen LogP) is 5.55. The summed E-state index contributed by atoms with van der Waals surface area (Å²) in [4.78, 5) is 14.7. The molecule has 4 nitrogen and oxygen atoms in total. The zero-order valence-corrected chi connectivity index (χ0v) is 16.6. The van der Waals surface area contributed by atoms with E-state index >= 15 is 0 Å². The van der Waals surface area contributed by atoms with Crippen LogP contribution in [0.4, 0.5) is 0 Å². The third-order valence-corrected chi connectivity index (χ3v) is 6.82. The van der Waals surface area contributed by atoms with Gasteiger partial charge in [-0.3, -0.25) is 4.79 Å². The van der Waals surface area contributed by atoms with Gasteiger partial charge in [-0.25, -0.2) is 0 Å². The van der Waals surface area contributed by atoms with Crippen molar-refractivity contribution in [2.24, 2.45) is 5.92 Å². The van der Waals surface area contributed by atoms with Crippen molar-refractivity contribution in [3.63, 3.8) is 0 Å². The zero-order chi connectivity index (χ0) is 18.1. The van der Waals surface area contributed by atoms with Gasteiger partial charge in [-0.1, -0.05) is 42.4 Å². The number of thiophene rings is 1. The number of thioether (sulfide) groups is 1. The lowest BCUT2D eigenvalue weighted by Crippen LogP contribution is -2.07. The molecule has 0 saturated carbocycles. The van der Waals surface area contributed by atoms with Crippen LogP contribution in [0.5, 0.6) is 0 Å². The number of aromatic nitrogens is 2. The second kappa shape index (κ2) is 7.55. The highest BCUT2D eigenvalue weighted by atomic mass is 35.5. The zero-order valence-electron chi connectivity index (χ0n) is 14.2. The van der Waals surface area contributed by atoms with Crippen molar-refractivity contribution in [2.45, 2.75) is 31.4 Å². The molecule has 2 heterocycles. The number of hydrogen-bond donors (Lipinski definition) is 0. The maximum absolute atomic E-state index is 12.3. The summed E-state index contributed by atoms with van der Waals surface area (Å²) in [5.74, 6) is 1.42. The fraction of sp³-hybridized carbons (Fsp3) is 0.316. The Morgan fingerprint density at radius 2 is 2.23 bits per heavy atom. The molecule has 0 N–H and O–H groups in total. The summed E-state index contributed by atoms with van der Waals surface area (Å²) in [6.45, 7) is 2.29. The number of nitrogens with zero attached hydrogens (tertiary/aromatic N) is 2. The topological polar surface area (TPSA) is 56.0 Å². The van der Waals surface area contributed by atoms with E-state index in [-0.39, 0.29) is 11.5 Å². The predicted molar refractivity (Wildman–Crippen MR) is 105 cm³/mol. The van der Waals surface area contributed by atoms with Gasteiger partial charge >= 0.3 is 0 Å². The molecule has 4 rings (SSSR count). The third kappa shape index (κ3) is 3.72. The van der Waals surface area contributed by atoms with Gasteiger partial charge in [-0.2, -0.15) is 0 Å². The summed E-state index contributed by atoms with van der Waals surface area (Å²) in [6.07, 6.45) is 3.49. The molecule has 2 aromatic heterocycles. The Morgan fingerprint density at radius 3 is 3.08 bits per heavy atom. The average Bonchev–Trinajstić information content (AvgIpc) is 3.26. The molecule has 0 bridgehead atoms. The van der Waals surface area contributed by atoms with Crippen molar-refractivity contribution in [1.29, 1.82) is 0 Å². The second-order valence-corrected chi connectivity index (χ2v) is 8.94. The maximum Gasteiger partial charge on any atom is 0.277 e. The summed E-state index contributed by atoms with van der Waals surface area (Å²) in [5.41, 5.74) is 1.92. The number of fused-ring (bicyclic) bond motifs is 1. The Morgan fingerprint density at radius 1 is 1.38 bits per heavy atom. The molecule has 0 saturated heterocycles. The number of aryl methyl sites for hydroxylation is 1. The van der Waals surface area contributed by atoms with E-state index in [0.29, 0.717) is 21.7 Å². The number of rotatable bonds is 5. The number of halogens is 1. The lowest BCUT2D eigenvalue weighted by Gasteiger charge is -2.16. The van der Waals surface area contributed by atoms with Gasteiger partial charge in [0.2, 0.25) is 0 Å². The Bertz CT molecular complexity index is 951. The van der Waals surface area contributed by atoms with Gasteiger partial charge in [-0.15, -0.1) is 21.5 Å². The molecule has 1 atom stereocenters. The number of Topliss-reactive ketones (excluding diaryl/α,β-unsaturated/α-hetero) is 1. The van der Waals surface area contributed by atoms with Crippen molar-refractivity contribution in [1.82, 2.24) is 10.2 Å². The van der Waals surface area contributed by atoms with E-state index in [1.807, 2.05) is 0 Å². The highest BCUT2D eigenvalue weighted by Crippen LogP contribution is 2.37. The molecule has 1 aromatic carbocycles. The SMILES string of the molecule is C[C@H]1CCc2sc(-c3nnc(SCC(=O)c4ccccc4Cl)o3)cc2C1. The molecule has 134 valence electrons. The smallest absolute Gasteiger partial charge is 0.277 e. The number of carbonyl (C=O) groups is 1. The van der Waals surface area contributed by atoms with Gasteiger partial charge in [-0.05, 0) is 48.9 Å². The van der Waals surface area contributed by atoms with Crippen molar-refractivity contribution in [3.8, 4) is 10.8 Å². The van der Waals surface area contributed by atoms with Crippen molar-refractivity contribution >= 4 is 40.5 Å². The van der Waals surface area contributed by atoms with Gasteiger partial charge in [0.15, 0.2) is 5.78 Å². The molecule has 7 heteroatoms. The first-order chi connectivity index (χ1) is 12.6. The molecular weight excluding hydrogens is 388 g/mol. The van der Waals surface area contributed by atoms with Crippen molar-refractivity contribution in [2.75, 3.05) is 5.75 Å². The number of hydrogen-bond acceptors (Lipinski definition) is 6. The molecule has 1 aliphatic carbocycles. The van der Waals surface area contributed by atoms with E-state index < -0.39 is 0 Å². The minimum Gasteiger partial charge on any atom is -0.410 e. The number of ketones is 1. The highest BCUT2D eigenvalue weighted by Gasteiger charge is 2.21. The number of carbonyl (C=O) groups excluding carboxylic acids is 1. The molecule has 0 radical (unpaired) electrons. The van der Waals surface area contributed by atoms with Gasteiger partial charge in [0.1, 0.15) is 0 Å². The quantitative estimate of drug-likeness (QED) is 0.412. The summed E-state index contributed by atoms with van der Waals surface area (Å²) >= 11 is 9.04. The van der Waals surface area contributed by atoms with E-state index in [1.54, 1.807) is 35.6 Å². The van der Waals surface area contributed by atoms with E-state index in [9.17, 15) is 4.79 Å². The Hall–Kier alpha value is -1.63. The lowest BCUT2D eigenvalue weighted by molar-refractivity contribution is 0.102. The average molecular weight is 405 g/mol. The van der Waals surface area contributed by atoms with Crippen LogP contribution in [-0.4, -0.2) is 21.7 Å². The molecule has 3 aromatic rings. The third-order valence-electron chi connectivity index (χ3n) is 4.45. The van der Waals surface area contributed by atoms with Gasteiger partial charge in [0.05, 0.1) is 15.7 Å². The van der Waals surface area contributed by atoms with E-state index in [1.165, 1.54) is 28.6 Å². The van der Waals surface area contributed by atoms with Gasteiger partial charge in [0.25, 0.3) is 11.1 Å². The standard InChI is InChI=1S/C19H17ClN2O2S2/c1-11-6-7-16-12(8-11)9-17(26-16)18-21-22-19(24-18)25-10-15(23)13-4-2-3-5-14(13)20/h2-5,9,11H,6-8,10H2,1H3/t11-/m0/s1. The minimum absolute atomic E-state index is 0.0547. The van der Waals surface area contributed by atoms with Crippen LogP contribution in [0.3, 0.4) is 0 Å². The normalized spacial score (nSPS) is 16.5. The van der Waals surface area contributed by atoms with Crippen LogP contribution in [0.1, 0.15) is 34.1 Å². The Balaban J connectivity index is 1.44. The molecule has 26 heavy (non-hydrogen) atoms. The van der Waals surface area contributed by atoms with Gasteiger partial charge < -0.3 is 4.42 Å². The fourth-order valence-electron chi connectivity index (χ4n) is 3.07. The van der Waals surface area contributed by atoms with Crippen molar-refractivity contribution in [3.05, 3.63) is 51.4 Å². The molecule has 0 fully saturated rings. The summed E-state index contributed by atoms with van der Waals surface area (Å²) in [6, 6.07) is 9.21. The van der Waals surface area contributed by atoms with Crippen LogP contribution in [-0.2, 0) is 12.8 Å². The lowest BCUT2D eigenvalue weighted by atomic mass is 9.90. The van der Waals surface area contributed by atoms with Crippen LogP contribution in [0.2, 0.25) is 5.02 Å². The first kappa shape index (κ1) is 17.8. The molecule has 1 aliphatic rings. The number of benzene rings is 1. The Kier molecular flexibility index (Phi) is 5.16. The molecule has 0 unspecified atom stereocenters. The summed E-state index contributed by atoms with van der Waals surface area (Å²) in [5, 5.41) is 9.09. The van der Waals surface area contributed by atoms with Crippen LogP contribution in [0, 0.1) is 5.92 Å². The van der Waals surface area contributed by atoms with Crippen LogP contribution in [0.25, 0.3) is 10.8 Å². The summed E-state index contributed by atoms with van der Waals surface area (Å²) in [7, 11) is 0. The minimum atomic E-state index is -0.0547. The maximum atomic E-state index is 12.3. The molecule has 0 spiro atoms. The molecule has 0 aliphatic heterocycles. The second-order valence-electron chi connectivity index (χ2n) is 6.47. The van der Waals surface area contributed by atoms with Crippen LogP contribution in [0.15, 0.2) is 40.0 Å². The molecular formula is C19H17ClN2O2S2. The van der Waals surface area contributed by atoms with Gasteiger partial charge in [0, 0.05) is 10.4 Å². The van der Waals surface area contributed by atoms with E-state index in [4.69, 9.17) is 16.0 Å². The first-order valence-corrected chi connectivity index (χ1v) is 10.6. The van der Waals surface area contributed by atoms with Crippen molar-refractivity contribution < 1.29 is 9.21 Å². The highest BCUT2D eigenvalue weighted by molar-refractivity contribution is 7.99. The van der Waals surface area contributed by atoms with Crippen LogP contribution >= 0.6 is 34.7 Å². The fourth-order valence-corrected chi connectivity index (χ4v) is 5.09. The molecule has 0 amide bonds. The first-order valence-electron chi connectivity index (χ1n) is 8.46. The van der Waals surface area contributed by atoms with E-state index in [0.717, 1.165) is 23.6 Å².